The van der Waals surface area contributed by atoms with Crippen LogP contribution in [0.3, 0.4) is 0 Å². The van der Waals surface area contributed by atoms with Crippen LogP contribution >= 0.6 is 0 Å². The standard InChI is InChI=1S/C12H23NO9/c14-2-4-7(16)8(17)5(1-13-4)21-12-11(20)10(19)9(18)6(3-15)22-12/h4-20H,1-3H2. The van der Waals surface area contributed by atoms with E-state index in [-0.39, 0.29) is 13.2 Å². The number of hydrogen-bond acceptors (Lipinski definition) is 10. The maximum atomic E-state index is 9.97. The lowest BCUT2D eigenvalue weighted by Gasteiger charge is -2.43. The van der Waals surface area contributed by atoms with Crippen molar-refractivity contribution >= 4 is 0 Å². The Hall–Kier alpha value is -0.400. The molecule has 130 valence electrons. The van der Waals surface area contributed by atoms with Gasteiger partial charge < -0.3 is 50.5 Å². The molecule has 10 heteroatoms. The van der Waals surface area contributed by atoms with Gasteiger partial charge in [-0.15, -0.1) is 0 Å². The quantitative estimate of drug-likeness (QED) is 0.250. The summed E-state index contributed by atoms with van der Waals surface area (Å²) < 4.78 is 10.5. The predicted octanol–water partition coefficient (Wildman–Crippen LogP) is -5.14. The van der Waals surface area contributed by atoms with Crippen LogP contribution in [0, 0.1) is 0 Å². The van der Waals surface area contributed by atoms with Crippen molar-refractivity contribution < 1.29 is 45.2 Å². The minimum Gasteiger partial charge on any atom is -0.395 e. The van der Waals surface area contributed by atoms with E-state index in [2.05, 4.69) is 5.32 Å². The second-order valence-corrected chi connectivity index (χ2v) is 5.55. The van der Waals surface area contributed by atoms with Crippen LogP contribution in [0.15, 0.2) is 0 Å². The highest BCUT2D eigenvalue weighted by molar-refractivity contribution is 4.95. The molecule has 8 N–H and O–H groups in total. The molecular weight excluding hydrogens is 302 g/mol. The summed E-state index contributed by atoms with van der Waals surface area (Å²) in [7, 11) is 0. The van der Waals surface area contributed by atoms with E-state index in [0.717, 1.165) is 0 Å². The highest BCUT2D eigenvalue weighted by atomic mass is 16.7. The molecule has 0 spiro atoms. The Kier molecular flexibility index (Phi) is 6.07. The van der Waals surface area contributed by atoms with Crippen molar-refractivity contribution in [1.82, 2.24) is 5.32 Å². The number of rotatable bonds is 4. The molecule has 0 saturated carbocycles. The van der Waals surface area contributed by atoms with Crippen LogP contribution in [-0.4, -0.2) is 111 Å². The van der Waals surface area contributed by atoms with Crippen LogP contribution in [-0.2, 0) is 9.47 Å². The van der Waals surface area contributed by atoms with Gasteiger partial charge in [0.2, 0.25) is 0 Å². The van der Waals surface area contributed by atoms with Crippen LogP contribution in [0.5, 0.6) is 0 Å². The summed E-state index contributed by atoms with van der Waals surface area (Å²) in [5.41, 5.74) is 0. The van der Waals surface area contributed by atoms with Crippen LogP contribution < -0.4 is 5.32 Å². The fourth-order valence-electron chi connectivity index (χ4n) is 2.62. The Morgan fingerprint density at radius 3 is 2.14 bits per heavy atom. The normalized spacial score (nSPS) is 50.0. The number of nitrogens with one attached hydrogen (secondary N) is 1. The van der Waals surface area contributed by atoms with Gasteiger partial charge in [0.15, 0.2) is 6.29 Å². The lowest BCUT2D eigenvalue weighted by atomic mass is 9.95. The van der Waals surface area contributed by atoms with Gasteiger partial charge in [0.25, 0.3) is 0 Å². The monoisotopic (exact) mass is 325 g/mol. The summed E-state index contributed by atoms with van der Waals surface area (Å²) in [5.74, 6) is 0. The minimum atomic E-state index is -1.59. The van der Waals surface area contributed by atoms with Crippen LogP contribution in [0.1, 0.15) is 0 Å². The van der Waals surface area contributed by atoms with E-state index >= 15 is 0 Å². The maximum absolute atomic E-state index is 9.97. The van der Waals surface area contributed by atoms with Gasteiger partial charge >= 0.3 is 0 Å². The molecule has 10 nitrogen and oxygen atoms in total. The zero-order chi connectivity index (χ0) is 16.4. The Bertz CT molecular complexity index is 357. The first kappa shape index (κ1) is 17.9. The summed E-state index contributed by atoms with van der Waals surface area (Å²) in [6.45, 7) is -0.894. The van der Waals surface area contributed by atoms with Crippen molar-refractivity contribution in [3.8, 4) is 0 Å². The van der Waals surface area contributed by atoms with Gasteiger partial charge in [0.05, 0.1) is 25.4 Å². The molecule has 0 aliphatic carbocycles. The zero-order valence-electron chi connectivity index (χ0n) is 11.8. The lowest BCUT2D eigenvalue weighted by molar-refractivity contribution is -0.321. The van der Waals surface area contributed by atoms with Gasteiger partial charge in [-0.2, -0.15) is 0 Å². The fraction of sp³-hybridized carbons (Fsp3) is 1.00. The molecule has 0 aromatic rings. The third kappa shape index (κ3) is 3.41. The Morgan fingerprint density at radius 1 is 0.864 bits per heavy atom. The van der Waals surface area contributed by atoms with Crippen molar-refractivity contribution in [3.05, 3.63) is 0 Å². The van der Waals surface area contributed by atoms with Crippen molar-refractivity contribution in [2.24, 2.45) is 0 Å². The summed E-state index contributed by atoms with van der Waals surface area (Å²) in [5, 5.41) is 69.8. The van der Waals surface area contributed by atoms with Crippen molar-refractivity contribution in [3.63, 3.8) is 0 Å². The van der Waals surface area contributed by atoms with E-state index in [1.165, 1.54) is 0 Å². The molecule has 22 heavy (non-hydrogen) atoms. The Morgan fingerprint density at radius 2 is 1.55 bits per heavy atom. The third-order valence-corrected chi connectivity index (χ3v) is 4.08. The zero-order valence-corrected chi connectivity index (χ0v) is 11.8. The lowest BCUT2D eigenvalue weighted by Crippen LogP contribution is -2.65. The molecule has 2 aliphatic heterocycles. The van der Waals surface area contributed by atoms with Gasteiger partial charge in [0, 0.05) is 6.54 Å². The molecule has 2 heterocycles. The molecule has 0 radical (unpaired) electrons. The number of ether oxygens (including phenoxy) is 2. The van der Waals surface area contributed by atoms with Crippen molar-refractivity contribution in [2.75, 3.05) is 19.8 Å². The highest BCUT2D eigenvalue weighted by Crippen LogP contribution is 2.25. The first-order chi connectivity index (χ1) is 10.4. The number of hydrogen-bond donors (Lipinski definition) is 8. The van der Waals surface area contributed by atoms with Gasteiger partial charge in [-0.05, 0) is 0 Å². The van der Waals surface area contributed by atoms with Gasteiger partial charge in [-0.3, -0.25) is 0 Å². The van der Waals surface area contributed by atoms with E-state index in [9.17, 15) is 25.5 Å². The molecule has 2 saturated heterocycles. The van der Waals surface area contributed by atoms with Gasteiger partial charge in [-0.1, -0.05) is 0 Å². The first-order valence-corrected chi connectivity index (χ1v) is 7.07. The molecule has 9 atom stereocenters. The Balaban J connectivity index is 2.00. The van der Waals surface area contributed by atoms with E-state index in [4.69, 9.17) is 19.7 Å². The summed E-state index contributed by atoms with van der Waals surface area (Å²) in [4.78, 5) is 0. The molecule has 2 rings (SSSR count). The molecule has 0 aromatic carbocycles. The average molecular weight is 325 g/mol. The van der Waals surface area contributed by atoms with Crippen LogP contribution in [0.4, 0.5) is 0 Å². The van der Waals surface area contributed by atoms with E-state index in [0.29, 0.717) is 0 Å². The highest BCUT2D eigenvalue weighted by Gasteiger charge is 2.47. The molecule has 9 unspecified atom stereocenters. The van der Waals surface area contributed by atoms with Crippen LogP contribution in [0.25, 0.3) is 0 Å². The molecule has 0 bridgehead atoms. The molecular formula is C12H23NO9. The summed E-state index contributed by atoms with van der Waals surface area (Å²) in [6, 6.07) is -0.704. The van der Waals surface area contributed by atoms with Crippen LogP contribution in [0.2, 0.25) is 0 Å². The third-order valence-electron chi connectivity index (χ3n) is 4.08. The molecule has 0 amide bonds. The average Bonchev–Trinajstić information content (AvgIpc) is 2.52. The molecule has 0 aromatic heterocycles. The smallest absolute Gasteiger partial charge is 0.187 e. The number of aliphatic hydroxyl groups is 7. The number of aliphatic hydroxyl groups excluding tert-OH is 7. The maximum Gasteiger partial charge on any atom is 0.187 e. The summed E-state index contributed by atoms with van der Waals surface area (Å²) >= 11 is 0. The van der Waals surface area contributed by atoms with Crippen molar-refractivity contribution in [2.45, 2.75) is 55.1 Å². The van der Waals surface area contributed by atoms with Gasteiger partial charge in [0.1, 0.15) is 36.6 Å². The van der Waals surface area contributed by atoms with E-state index in [1.54, 1.807) is 0 Å². The fourth-order valence-corrected chi connectivity index (χ4v) is 2.62. The Labute approximate surface area is 126 Å². The van der Waals surface area contributed by atoms with E-state index < -0.39 is 61.7 Å². The van der Waals surface area contributed by atoms with E-state index in [1.807, 2.05) is 0 Å². The SMILES string of the molecule is OCC1NCC(OC2OC(CO)C(O)C(O)C2O)C(O)C1O. The van der Waals surface area contributed by atoms with Gasteiger partial charge in [-0.25, -0.2) is 0 Å². The van der Waals surface area contributed by atoms with Crippen molar-refractivity contribution in [1.29, 1.82) is 0 Å². The first-order valence-electron chi connectivity index (χ1n) is 7.07. The molecule has 2 aliphatic rings. The summed E-state index contributed by atoms with van der Waals surface area (Å²) in [6.07, 6.45) is -10.8. The largest absolute Gasteiger partial charge is 0.395 e. The molecule has 2 fully saturated rings. The second-order valence-electron chi connectivity index (χ2n) is 5.55. The topological polar surface area (TPSA) is 172 Å². The predicted molar refractivity (Wildman–Crippen MR) is 69.5 cm³/mol. The second kappa shape index (κ2) is 7.45. The minimum absolute atomic E-state index is 0.0679. The number of piperidine rings is 1.